The number of nitrogens with zero attached hydrogens (tertiary/aromatic N) is 3. The smallest absolute Gasteiger partial charge is 0.371 e. The van der Waals surface area contributed by atoms with Crippen LogP contribution in [-0.2, 0) is 11.0 Å². The summed E-state index contributed by atoms with van der Waals surface area (Å²) < 4.78 is 39.3. The number of hydrogen-bond donors (Lipinski definition) is 1. The molecule has 2 saturated heterocycles. The molecule has 176 valence electrons. The van der Waals surface area contributed by atoms with E-state index in [-0.39, 0.29) is 5.52 Å². The molecule has 1 unspecified atom stereocenters. The molecule has 32 heavy (non-hydrogen) atoms. The highest BCUT2D eigenvalue weighted by Gasteiger charge is 2.34. The summed E-state index contributed by atoms with van der Waals surface area (Å²) in [5.41, 5.74) is 0.241. The van der Waals surface area contributed by atoms with Crippen LogP contribution in [0.2, 0.25) is 0 Å². The zero-order valence-electron chi connectivity index (χ0n) is 18.9. The van der Waals surface area contributed by atoms with Gasteiger partial charge in [-0.15, -0.1) is 0 Å². The molecule has 2 aliphatic heterocycles. The lowest BCUT2D eigenvalue weighted by molar-refractivity contribution is -0.136. The highest BCUT2D eigenvalue weighted by atomic mass is 19.4. The summed E-state index contributed by atoms with van der Waals surface area (Å²) in [4.78, 5) is 18.5. The number of hydrogen-bond acceptors (Lipinski definition) is 4. The topological polar surface area (TPSA) is 48.5 Å². The largest absolute Gasteiger partial charge is 0.418 e. The van der Waals surface area contributed by atoms with Crippen LogP contribution in [0.1, 0.15) is 38.2 Å². The predicted molar refractivity (Wildman–Crippen MR) is 122 cm³/mol. The first-order valence-corrected chi connectivity index (χ1v) is 11.3. The number of amides is 1. The van der Waals surface area contributed by atoms with Gasteiger partial charge in [-0.3, -0.25) is 9.78 Å². The van der Waals surface area contributed by atoms with Crippen LogP contribution in [0, 0.1) is 11.8 Å². The van der Waals surface area contributed by atoms with E-state index in [0.29, 0.717) is 17.2 Å². The van der Waals surface area contributed by atoms with Gasteiger partial charge in [0.2, 0.25) is 6.41 Å². The number of nitrogens with one attached hydrogen (secondary N) is 1. The Hall–Kier alpha value is -2.35. The number of halogens is 3. The Bertz CT molecular complexity index is 881. The van der Waals surface area contributed by atoms with Crippen LogP contribution < -0.4 is 10.2 Å². The summed E-state index contributed by atoms with van der Waals surface area (Å²) in [7, 11) is 2.14. The van der Waals surface area contributed by atoms with E-state index >= 15 is 0 Å². The van der Waals surface area contributed by atoms with Gasteiger partial charge in [-0.05, 0) is 81.9 Å². The van der Waals surface area contributed by atoms with Crippen LogP contribution in [0.5, 0.6) is 0 Å². The monoisotopic (exact) mass is 450 g/mol. The van der Waals surface area contributed by atoms with Gasteiger partial charge in [0.1, 0.15) is 0 Å². The Morgan fingerprint density at radius 1 is 1.16 bits per heavy atom. The maximum atomic E-state index is 13.1. The highest BCUT2D eigenvalue weighted by molar-refractivity contribution is 5.94. The first kappa shape index (κ1) is 24.3. The van der Waals surface area contributed by atoms with Crippen LogP contribution in [0.25, 0.3) is 10.9 Å². The van der Waals surface area contributed by atoms with Gasteiger partial charge in [-0.1, -0.05) is 6.92 Å². The molecule has 1 aromatic carbocycles. The molecule has 0 spiro atoms. The molecule has 0 aliphatic carbocycles. The Kier molecular flexibility index (Phi) is 8.34. The third kappa shape index (κ3) is 6.34. The van der Waals surface area contributed by atoms with Crippen LogP contribution in [0.4, 0.5) is 18.9 Å². The molecule has 1 aromatic heterocycles. The summed E-state index contributed by atoms with van der Waals surface area (Å²) in [5.74, 6) is 1.27. The number of aromatic nitrogens is 1. The van der Waals surface area contributed by atoms with Crippen molar-refractivity contribution in [1.82, 2.24) is 15.2 Å². The second-order valence-corrected chi connectivity index (χ2v) is 9.00. The number of carbonyl (C=O) groups is 1. The fourth-order valence-electron chi connectivity index (χ4n) is 4.55. The number of carbonyl (C=O) groups excluding carboxylic acids is 1. The summed E-state index contributed by atoms with van der Waals surface area (Å²) in [6.07, 6.45) is 2.52. The van der Waals surface area contributed by atoms with Gasteiger partial charge < -0.3 is 15.1 Å². The van der Waals surface area contributed by atoms with Crippen LogP contribution >= 0.6 is 0 Å². The zero-order valence-corrected chi connectivity index (χ0v) is 18.9. The summed E-state index contributed by atoms with van der Waals surface area (Å²) in [6.45, 7) is 7.15. The molecule has 8 heteroatoms. The van der Waals surface area contributed by atoms with E-state index in [2.05, 4.69) is 34.1 Å². The van der Waals surface area contributed by atoms with E-state index in [4.69, 9.17) is 0 Å². The molecule has 3 heterocycles. The van der Waals surface area contributed by atoms with E-state index < -0.39 is 11.7 Å². The molecule has 0 saturated carbocycles. The van der Waals surface area contributed by atoms with E-state index in [1.165, 1.54) is 38.5 Å². The summed E-state index contributed by atoms with van der Waals surface area (Å²) >= 11 is 0. The van der Waals surface area contributed by atoms with Crippen molar-refractivity contribution in [2.24, 2.45) is 11.8 Å². The number of likely N-dealkylation sites (tertiary alicyclic amines) is 1. The molecule has 5 nitrogen and oxygen atoms in total. The van der Waals surface area contributed by atoms with Crippen molar-refractivity contribution in [2.75, 3.05) is 44.7 Å². The zero-order chi connectivity index (χ0) is 23.1. The standard InChI is InChI=1S/C16H17F3N2.C8H16N2O/c1-11-4-3-9-21(10-11)14-7-6-13(16(17,18)19)15-12(14)5-2-8-20-15;1-10-4-2-8(3-5-10)6-9-7-11/h2,5-8,11H,3-4,9-10H2,1H3;7-8H,2-6H2,1H3,(H,9,11). The Morgan fingerprint density at radius 3 is 2.56 bits per heavy atom. The highest BCUT2D eigenvalue weighted by Crippen LogP contribution is 2.38. The minimum absolute atomic E-state index is 0.0423. The first-order valence-electron chi connectivity index (χ1n) is 11.3. The molecule has 0 bridgehead atoms. The molecule has 1 atom stereocenters. The van der Waals surface area contributed by atoms with E-state index in [1.54, 1.807) is 18.2 Å². The number of rotatable bonds is 4. The van der Waals surface area contributed by atoms with Crippen molar-refractivity contribution in [2.45, 2.75) is 38.8 Å². The van der Waals surface area contributed by atoms with E-state index in [1.807, 2.05) is 0 Å². The number of anilines is 1. The number of alkyl halides is 3. The van der Waals surface area contributed by atoms with Gasteiger partial charge in [0, 0.05) is 36.9 Å². The third-order valence-electron chi connectivity index (χ3n) is 6.38. The van der Waals surface area contributed by atoms with Gasteiger partial charge in [0.15, 0.2) is 0 Å². The molecule has 1 amide bonds. The van der Waals surface area contributed by atoms with Crippen molar-refractivity contribution in [3.05, 3.63) is 36.0 Å². The summed E-state index contributed by atoms with van der Waals surface area (Å²) in [5, 5.41) is 3.32. The lowest BCUT2D eigenvalue weighted by atomic mass is 9.97. The van der Waals surface area contributed by atoms with Crippen LogP contribution in [0.15, 0.2) is 30.5 Å². The third-order valence-corrected chi connectivity index (χ3v) is 6.38. The van der Waals surface area contributed by atoms with Gasteiger partial charge in [-0.2, -0.15) is 13.2 Å². The number of benzene rings is 1. The van der Waals surface area contributed by atoms with Crippen molar-refractivity contribution in [3.63, 3.8) is 0 Å². The van der Waals surface area contributed by atoms with Gasteiger partial charge in [-0.25, -0.2) is 0 Å². The molecule has 2 fully saturated rings. The average Bonchev–Trinajstić information content (AvgIpc) is 2.78. The Balaban J connectivity index is 0.000000222. The van der Waals surface area contributed by atoms with E-state index in [0.717, 1.165) is 44.2 Å². The van der Waals surface area contributed by atoms with E-state index in [9.17, 15) is 18.0 Å². The predicted octanol–water partition coefficient (Wildman–Crippen LogP) is 4.56. The number of fused-ring (bicyclic) bond motifs is 1. The van der Waals surface area contributed by atoms with Crippen molar-refractivity contribution < 1.29 is 18.0 Å². The molecular weight excluding hydrogens is 417 g/mol. The van der Waals surface area contributed by atoms with Crippen molar-refractivity contribution >= 4 is 23.0 Å². The molecule has 1 N–H and O–H groups in total. The maximum Gasteiger partial charge on any atom is 0.418 e. The van der Waals surface area contributed by atoms with Crippen LogP contribution in [-0.4, -0.2) is 56.1 Å². The Labute approximate surface area is 188 Å². The SMILES string of the molecule is CC1CCCN(c2ccc(C(F)(F)F)c3ncccc23)C1.CN1CCC(CNC=O)CC1. The molecule has 0 radical (unpaired) electrons. The minimum atomic E-state index is -4.37. The second-order valence-electron chi connectivity index (χ2n) is 9.00. The van der Waals surface area contributed by atoms with Crippen molar-refractivity contribution in [1.29, 1.82) is 0 Å². The Morgan fingerprint density at radius 2 is 1.91 bits per heavy atom. The van der Waals surface area contributed by atoms with Crippen molar-refractivity contribution in [3.8, 4) is 0 Å². The lowest BCUT2D eigenvalue weighted by Crippen LogP contribution is -2.34. The molecular formula is C24H33F3N4O. The minimum Gasteiger partial charge on any atom is -0.371 e. The quantitative estimate of drug-likeness (QED) is 0.694. The second kappa shape index (κ2) is 11.0. The molecule has 2 aliphatic rings. The van der Waals surface area contributed by atoms with Crippen LogP contribution in [0.3, 0.4) is 0 Å². The molecule has 2 aromatic rings. The first-order chi connectivity index (χ1) is 15.3. The van der Waals surface area contributed by atoms with Gasteiger partial charge in [0.25, 0.3) is 0 Å². The lowest BCUT2D eigenvalue weighted by Gasteiger charge is -2.33. The fraction of sp³-hybridized carbons (Fsp3) is 0.583. The van der Waals surface area contributed by atoms with Gasteiger partial charge >= 0.3 is 6.18 Å². The maximum absolute atomic E-state index is 13.1. The van der Waals surface area contributed by atoms with Gasteiger partial charge in [0.05, 0.1) is 11.1 Å². The molecule has 4 rings (SSSR count). The summed E-state index contributed by atoms with van der Waals surface area (Å²) in [6, 6.07) is 6.17. The average molecular weight is 451 g/mol. The normalized spacial score (nSPS) is 20.5. The number of pyridine rings is 1. The number of piperidine rings is 2. The fourth-order valence-corrected chi connectivity index (χ4v) is 4.55.